The van der Waals surface area contributed by atoms with Gasteiger partial charge in [-0.05, 0) is 77.1 Å². The van der Waals surface area contributed by atoms with Crippen molar-refractivity contribution in [2.24, 2.45) is 5.92 Å². The normalized spacial score (nSPS) is 24.8. The van der Waals surface area contributed by atoms with Gasteiger partial charge >= 0.3 is 0 Å². The Morgan fingerprint density at radius 1 is 1.07 bits per heavy atom. The largest absolute Gasteiger partial charge is 0.365 e. The molecule has 1 saturated carbocycles. The van der Waals surface area contributed by atoms with E-state index in [1.807, 2.05) is 19.2 Å². The molecule has 0 aromatic carbocycles. The number of carbonyl (C=O) groups is 1. The van der Waals surface area contributed by atoms with E-state index in [2.05, 4.69) is 19.7 Å². The van der Waals surface area contributed by atoms with Gasteiger partial charge in [-0.25, -0.2) is 0 Å². The third-order valence-corrected chi connectivity index (χ3v) is 7.48. The summed E-state index contributed by atoms with van der Waals surface area (Å²) in [4.78, 5) is 24.1. The third-order valence-electron chi connectivity index (χ3n) is 7.48. The molecule has 4 rings (SSSR count). The van der Waals surface area contributed by atoms with Crippen LogP contribution in [0.1, 0.15) is 73.8 Å². The maximum absolute atomic E-state index is 13.4. The molecule has 0 bridgehead atoms. The Morgan fingerprint density at radius 3 is 2.59 bits per heavy atom. The summed E-state index contributed by atoms with van der Waals surface area (Å²) in [6, 6.07) is 2.76. The Morgan fingerprint density at radius 2 is 1.86 bits per heavy atom. The van der Waals surface area contributed by atoms with Crippen LogP contribution in [0.5, 0.6) is 0 Å². The molecule has 1 N–H and O–H groups in total. The van der Waals surface area contributed by atoms with Crippen molar-refractivity contribution < 1.29 is 4.79 Å². The van der Waals surface area contributed by atoms with E-state index in [1.165, 1.54) is 84.0 Å². The number of carbonyl (C=O) groups excluding carboxylic acids is 1. The molecular formula is C24H40N4O. The summed E-state index contributed by atoms with van der Waals surface area (Å²) < 4.78 is 0. The van der Waals surface area contributed by atoms with E-state index in [1.54, 1.807) is 0 Å². The summed E-state index contributed by atoms with van der Waals surface area (Å²) in [6.45, 7) is 9.66. The Balaban J connectivity index is 1.39. The van der Waals surface area contributed by atoms with E-state index < -0.39 is 0 Å². The predicted octanol–water partition coefficient (Wildman–Crippen LogP) is 3.91. The Labute approximate surface area is 176 Å². The van der Waals surface area contributed by atoms with Crippen LogP contribution >= 0.6 is 0 Å². The molecule has 0 radical (unpaired) electrons. The highest BCUT2D eigenvalue weighted by Crippen LogP contribution is 2.28. The molecule has 1 aromatic rings. The van der Waals surface area contributed by atoms with Crippen LogP contribution in [-0.2, 0) is 0 Å². The van der Waals surface area contributed by atoms with E-state index in [0.29, 0.717) is 5.92 Å². The topological polar surface area (TPSA) is 42.6 Å². The first kappa shape index (κ1) is 20.9. The lowest BCUT2D eigenvalue weighted by molar-refractivity contribution is 0.0609. The first-order valence-electron chi connectivity index (χ1n) is 12.1. The van der Waals surface area contributed by atoms with Crippen molar-refractivity contribution in [3.63, 3.8) is 0 Å². The molecule has 5 nitrogen and oxygen atoms in total. The van der Waals surface area contributed by atoms with Crippen LogP contribution in [-0.4, -0.2) is 77.4 Å². The van der Waals surface area contributed by atoms with Gasteiger partial charge in [-0.2, -0.15) is 0 Å². The number of aromatic nitrogens is 1. The number of likely N-dealkylation sites (tertiary alicyclic amines) is 2. The Hall–Kier alpha value is -1.33. The van der Waals surface area contributed by atoms with Gasteiger partial charge in [0, 0.05) is 44.1 Å². The molecule has 29 heavy (non-hydrogen) atoms. The summed E-state index contributed by atoms with van der Waals surface area (Å²) in [6.07, 6.45) is 14.0. The zero-order valence-corrected chi connectivity index (χ0v) is 18.4. The van der Waals surface area contributed by atoms with Gasteiger partial charge in [0.1, 0.15) is 0 Å². The van der Waals surface area contributed by atoms with Crippen LogP contribution in [0.4, 0.5) is 0 Å². The molecule has 2 aliphatic heterocycles. The van der Waals surface area contributed by atoms with Gasteiger partial charge in [-0.15, -0.1) is 0 Å². The fraction of sp³-hybridized carbons (Fsp3) is 0.792. The van der Waals surface area contributed by atoms with Gasteiger partial charge in [0.25, 0.3) is 5.91 Å². The quantitative estimate of drug-likeness (QED) is 0.755. The molecular weight excluding hydrogens is 360 g/mol. The highest BCUT2D eigenvalue weighted by Gasteiger charge is 2.30. The van der Waals surface area contributed by atoms with Crippen LogP contribution in [0.25, 0.3) is 0 Å². The molecule has 162 valence electrons. The van der Waals surface area contributed by atoms with Crippen LogP contribution in [0, 0.1) is 12.8 Å². The van der Waals surface area contributed by atoms with Gasteiger partial charge in [0.15, 0.2) is 0 Å². The first-order chi connectivity index (χ1) is 14.2. The predicted molar refractivity (Wildman–Crippen MR) is 118 cm³/mol. The maximum Gasteiger partial charge on any atom is 0.255 e. The van der Waals surface area contributed by atoms with Crippen molar-refractivity contribution in [1.29, 1.82) is 0 Å². The molecule has 1 unspecified atom stereocenters. The monoisotopic (exact) mass is 400 g/mol. The minimum atomic E-state index is 0.221. The number of aryl methyl sites for hydroxylation is 1. The minimum absolute atomic E-state index is 0.221. The van der Waals surface area contributed by atoms with Gasteiger partial charge in [-0.3, -0.25) is 4.79 Å². The molecule has 1 aliphatic carbocycles. The fourth-order valence-electron chi connectivity index (χ4n) is 5.73. The van der Waals surface area contributed by atoms with Crippen LogP contribution in [0.2, 0.25) is 0 Å². The number of amides is 1. The number of hydrogen-bond donors (Lipinski definition) is 1. The van der Waals surface area contributed by atoms with Crippen molar-refractivity contribution in [2.75, 3.05) is 45.8 Å². The van der Waals surface area contributed by atoms with Crippen molar-refractivity contribution in [1.82, 2.24) is 19.7 Å². The Bertz CT molecular complexity index is 645. The number of H-pyrrole nitrogens is 1. The van der Waals surface area contributed by atoms with E-state index in [0.717, 1.165) is 36.9 Å². The van der Waals surface area contributed by atoms with Crippen LogP contribution in [0.3, 0.4) is 0 Å². The molecule has 3 heterocycles. The number of aromatic amines is 1. The summed E-state index contributed by atoms with van der Waals surface area (Å²) in [5.74, 6) is 0.840. The molecule has 5 heteroatoms. The SMILES string of the molecule is Cc1[nH]ccc1C(=O)N(CCN1CCCCC1)CC1CCCN(C2CCCC2)C1. The highest BCUT2D eigenvalue weighted by atomic mass is 16.2. The number of nitrogens with zero attached hydrogens (tertiary/aromatic N) is 3. The van der Waals surface area contributed by atoms with Gasteiger partial charge in [-0.1, -0.05) is 19.3 Å². The highest BCUT2D eigenvalue weighted by molar-refractivity contribution is 5.95. The molecule has 0 spiro atoms. The lowest BCUT2D eigenvalue weighted by Gasteiger charge is -2.39. The summed E-state index contributed by atoms with van der Waals surface area (Å²) in [5, 5.41) is 0. The zero-order chi connectivity index (χ0) is 20.1. The van der Waals surface area contributed by atoms with Crippen LogP contribution in [0.15, 0.2) is 12.3 Å². The first-order valence-corrected chi connectivity index (χ1v) is 12.1. The average molecular weight is 401 g/mol. The number of piperidine rings is 2. The fourth-order valence-corrected chi connectivity index (χ4v) is 5.73. The molecule has 1 atom stereocenters. The summed E-state index contributed by atoms with van der Waals surface area (Å²) >= 11 is 0. The van der Waals surface area contributed by atoms with Crippen molar-refractivity contribution in [3.8, 4) is 0 Å². The van der Waals surface area contributed by atoms with E-state index in [4.69, 9.17) is 0 Å². The average Bonchev–Trinajstić information content (AvgIpc) is 3.43. The zero-order valence-electron chi connectivity index (χ0n) is 18.4. The van der Waals surface area contributed by atoms with Crippen LogP contribution < -0.4 is 0 Å². The van der Waals surface area contributed by atoms with Gasteiger partial charge in [0.05, 0.1) is 5.56 Å². The number of nitrogens with one attached hydrogen (secondary N) is 1. The second-order valence-electron chi connectivity index (χ2n) is 9.61. The van der Waals surface area contributed by atoms with E-state index in [-0.39, 0.29) is 5.91 Å². The standard InChI is InChI=1S/C24H40N4O/c1-20-23(11-12-25-20)24(29)28(17-16-26-13-5-2-6-14-26)19-21-8-7-15-27(18-21)22-9-3-4-10-22/h11-12,21-22,25H,2-10,13-19H2,1H3. The second kappa shape index (κ2) is 10.1. The number of rotatable bonds is 7. The summed E-state index contributed by atoms with van der Waals surface area (Å²) in [5.41, 5.74) is 1.85. The van der Waals surface area contributed by atoms with Gasteiger partial charge in [0.2, 0.25) is 0 Å². The lowest BCUT2D eigenvalue weighted by Crippen LogP contribution is -2.47. The van der Waals surface area contributed by atoms with Gasteiger partial charge < -0.3 is 19.7 Å². The van der Waals surface area contributed by atoms with E-state index in [9.17, 15) is 4.79 Å². The molecule has 2 saturated heterocycles. The molecule has 3 aliphatic rings. The minimum Gasteiger partial charge on any atom is -0.365 e. The number of hydrogen-bond acceptors (Lipinski definition) is 3. The van der Waals surface area contributed by atoms with Crippen molar-refractivity contribution >= 4 is 5.91 Å². The smallest absolute Gasteiger partial charge is 0.255 e. The third kappa shape index (κ3) is 5.43. The maximum atomic E-state index is 13.4. The molecule has 1 aromatic heterocycles. The molecule has 3 fully saturated rings. The van der Waals surface area contributed by atoms with Crippen molar-refractivity contribution in [2.45, 2.75) is 70.8 Å². The lowest BCUT2D eigenvalue weighted by atomic mass is 9.95. The van der Waals surface area contributed by atoms with E-state index >= 15 is 0 Å². The van der Waals surface area contributed by atoms with Crippen molar-refractivity contribution in [3.05, 3.63) is 23.5 Å². The Kier molecular flexibility index (Phi) is 7.30. The second-order valence-corrected chi connectivity index (χ2v) is 9.61. The summed E-state index contributed by atoms with van der Waals surface area (Å²) in [7, 11) is 0. The molecule has 1 amide bonds.